The van der Waals surface area contributed by atoms with Gasteiger partial charge in [-0.2, -0.15) is 5.10 Å². The fourth-order valence-corrected chi connectivity index (χ4v) is 2.24. The molecule has 17 heavy (non-hydrogen) atoms. The normalized spacial score (nSPS) is 10.3. The lowest BCUT2D eigenvalue weighted by Crippen LogP contribution is -2.13. The molecule has 6 heteroatoms. The third-order valence-corrected chi connectivity index (χ3v) is 3.60. The first-order valence-corrected chi connectivity index (χ1v) is 6.71. The molecular weight excluding hydrogens is 397 g/mol. The molecule has 88 valence electrons. The van der Waals surface area contributed by atoms with E-state index < -0.39 is 0 Å². The van der Waals surface area contributed by atoms with E-state index in [2.05, 4.69) is 54.0 Å². The first-order chi connectivity index (χ1) is 8.08. The largest absolute Gasteiger partial charge is 0.307 e. The second-order valence-electron chi connectivity index (χ2n) is 3.51. The van der Waals surface area contributed by atoms with Crippen LogP contribution in [0.1, 0.15) is 15.9 Å². The summed E-state index contributed by atoms with van der Waals surface area (Å²) in [7, 11) is 0. The van der Waals surface area contributed by atoms with Crippen LogP contribution in [0.3, 0.4) is 0 Å². The van der Waals surface area contributed by atoms with Gasteiger partial charge in [0, 0.05) is 13.6 Å². The molecule has 0 aliphatic heterocycles. The maximum atomic E-state index is 12.0. The molecule has 1 aromatic heterocycles. The number of H-pyrrole nitrogens is 1. The van der Waals surface area contributed by atoms with Crippen LogP contribution >= 0.6 is 38.5 Å². The summed E-state index contributed by atoms with van der Waals surface area (Å²) in [5, 5.41) is 9.38. The lowest BCUT2D eigenvalue weighted by atomic mass is 10.2. The van der Waals surface area contributed by atoms with Gasteiger partial charge in [0.05, 0.1) is 11.8 Å². The van der Waals surface area contributed by atoms with Crippen molar-refractivity contribution in [2.75, 3.05) is 5.32 Å². The lowest BCUT2D eigenvalue weighted by molar-refractivity contribution is 0.102. The van der Waals surface area contributed by atoms with E-state index in [-0.39, 0.29) is 5.91 Å². The van der Waals surface area contributed by atoms with Gasteiger partial charge in [-0.05, 0) is 63.6 Å². The summed E-state index contributed by atoms with van der Waals surface area (Å²) < 4.78 is 1.78. The van der Waals surface area contributed by atoms with E-state index in [4.69, 9.17) is 0 Å². The Hall–Kier alpha value is -0.890. The van der Waals surface area contributed by atoms with Gasteiger partial charge in [-0.15, -0.1) is 0 Å². The van der Waals surface area contributed by atoms with E-state index >= 15 is 0 Å². The minimum Gasteiger partial charge on any atom is -0.307 e. The molecule has 0 aliphatic rings. The van der Waals surface area contributed by atoms with Crippen LogP contribution in [0.25, 0.3) is 0 Å². The Balaban J connectivity index is 2.26. The molecule has 0 atom stereocenters. The maximum Gasteiger partial charge on any atom is 0.257 e. The van der Waals surface area contributed by atoms with Crippen molar-refractivity contribution >= 4 is 50.2 Å². The Morgan fingerprint density at radius 1 is 1.53 bits per heavy atom. The number of aryl methyl sites for hydroxylation is 1. The summed E-state index contributed by atoms with van der Waals surface area (Å²) in [4.78, 5) is 12.0. The summed E-state index contributed by atoms with van der Waals surface area (Å²) in [6, 6.07) is 5.62. The molecule has 0 saturated carbocycles. The van der Waals surface area contributed by atoms with Gasteiger partial charge in [0.15, 0.2) is 0 Å². The number of carbonyl (C=O) groups excluding carboxylic acids is 1. The Morgan fingerprint density at radius 3 is 2.94 bits per heavy atom. The molecule has 0 spiro atoms. The van der Waals surface area contributed by atoms with Crippen LogP contribution in [0.2, 0.25) is 0 Å². The highest BCUT2D eigenvalue weighted by atomic mass is 127. The number of nitrogens with one attached hydrogen (secondary N) is 2. The first kappa shape index (κ1) is 12.6. The first-order valence-electron chi connectivity index (χ1n) is 4.84. The number of halogens is 2. The van der Waals surface area contributed by atoms with Crippen molar-refractivity contribution in [3.63, 3.8) is 0 Å². The maximum absolute atomic E-state index is 12.0. The van der Waals surface area contributed by atoms with Crippen LogP contribution in [-0.2, 0) is 0 Å². The molecule has 0 saturated heterocycles. The number of carbonyl (C=O) groups is 1. The number of nitrogens with zero attached hydrogens (tertiary/aromatic N) is 1. The molecule has 2 N–H and O–H groups in total. The van der Waals surface area contributed by atoms with Gasteiger partial charge in [-0.1, -0.05) is 0 Å². The third kappa shape index (κ3) is 2.86. The monoisotopic (exact) mass is 405 g/mol. The van der Waals surface area contributed by atoms with E-state index in [1.54, 1.807) is 6.20 Å². The van der Waals surface area contributed by atoms with E-state index in [9.17, 15) is 4.79 Å². The van der Waals surface area contributed by atoms with Gasteiger partial charge >= 0.3 is 0 Å². The molecule has 2 aromatic rings. The Bertz CT molecular complexity index is 568. The summed E-state index contributed by atoms with van der Waals surface area (Å²) >= 11 is 5.53. The molecule has 0 fully saturated rings. The summed E-state index contributed by atoms with van der Waals surface area (Å²) in [5.41, 5.74) is 1.51. The topological polar surface area (TPSA) is 57.8 Å². The number of aromatic nitrogens is 2. The molecule has 0 aliphatic carbocycles. The van der Waals surface area contributed by atoms with Crippen molar-refractivity contribution in [3.8, 4) is 0 Å². The number of hydrogen-bond acceptors (Lipinski definition) is 2. The number of aromatic amines is 1. The highest BCUT2D eigenvalue weighted by Gasteiger charge is 2.12. The molecule has 1 aromatic carbocycles. The van der Waals surface area contributed by atoms with Crippen molar-refractivity contribution in [3.05, 3.63) is 43.6 Å². The molecule has 2 rings (SSSR count). The standard InChI is InChI=1S/C11H9BrIN3O/c1-6-5-14-16-10(6)15-11(17)8-4-7(13)2-3-9(8)12/h2-5H,1H3,(H2,14,15,16,17). The minimum absolute atomic E-state index is 0.164. The van der Waals surface area contributed by atoms with Crippen LogP contribution < -0.4 is 5.32 Å². The minimum atomic E-state index is -0.164. The predicted octanol–water partition coefficient (Wildman–Crippen LogP) is 3.34. The summed E-state index contributed by atoms with van der Waals surface area (Å²) in [5.74, 6) is 0.462. The zero-order chi connectivity index (χ0) is 12.4. The van der Waals surface area contributed by atoms with E-state index in [0.717, 1.165) is 13.6 Å². The van der Waals surface area contributed by atoms with Crippen LogP contribution in [0, 0.1) is 10.5 Å². The lowest BCUT2D eigenvalue weighted by Gasteiger charge is -2.06. The fourth-order valence-electron chi connectivity index (χ4n) is 1.33. The zero-order valence-electron chi connectivity index (χ0n) is 8.92. The van der Waals surface area contributed by atoms with E-state index in [1.165, 1.54) is 0 Å². The molecular formula is C11H9BrIN3O. The van der Waals surface area contributed by atoms with Crippen molar-refractivity contribution in [2.45, 2.75) is 6.92 Å². The SMILES string of the molecule is Cc1cn[nH]c1NC(=O)c1cc(I)ccc1Br. The quantitative estimate of drug-likeness (QED) is 0.753. The molecule has 4 nitrogen and oxygen atoms in total. The van der Waals surface area contributed by atoms with Crippen LogP contribution in [0.4, 0.5) is 5.82 Å². The molecule has 0 unspecified atom stereocenters. The number of amides is 1. The van der Waals surface area contributed by atoms with Crippen LogP contribution in [-0.4, -0.2) is 16.1 Å². The third-order valence-electron chi connectivity index (χ3n) is 2.24. The number of benzene rings is 1. The smallest absolute Gasteiger partial charge is 0.257 e. The van der Waals surface area contributed by atoms with Crippen molar-refractivity contribution in [2.24, 2.45) is 0 Å². The number of hydrogen-bond donors (Lipinski definition) is 2. The summed E-state index contributed by atoms with van der Waals surface area (Å²) in [6.45, 7) is 1.88. The number of rotatable bonds is 2. The number of anilines is 1. The van der Waals surface area contributed by atoms with Gasteiger partial charge in [0.25, 0.3) is 5.91 Å². The average Bonchev–Trinajstić information content (AvgIpc) is 2.68. The van der Waals surface area contributed by atoms with Gasteiger partial charge in [0.1, 0.15) is 5.82 Å². The fraction of sp³-hybridized carbons (Fsp3) is 0.0909. The average molecular weight is 406 g/mol. The van der Waals surface area contributed by atoms with Gasteiger partial charge < -0.3 is 5.32 Å². The Kier molecular flexibility index (Phi) is 3.82. The highest BCUT2D eigenvalue weighted by Crippen LogP contribution is 2.21. The second kappa shape index (κ2) is 5.18. The second-order valence-corrected chi connectivity index (χ2v) is 5.61. The van der Waals surface area contributed by atoms with Crippen molar-refractivity contribution in [1.29, 1.82) is 0 Å². The zero-order valence-corrected chi connectivity index (χ0v) is 12.7. The Morgan fingerprint density at radius 2 is 2.29 bits per heavy atom. The summed E-state index contributed by atoms with van der Waals surface area (Å²) in [6.07, 6.45) is 1.67. The Labute approximate surface area is 120 Å². The molecule has 1 heterocycles. The van der Waals surface area contributed by atoms with Crippen LogP contribution in [0.5, 0.6) is 0 Å². The van der Waals surface area contributed by atoms with Gasteiger partial charge in [-0.3, -0.25) is 9.89 Å². The van der Waals surface area contributed by atoms with Crippen LogP contribution in [0.15, 0.2) is 28.9 Å². The van der Waals surface area contributed by atoms with Crippen molar-refractivity contribution < 1.29 is 4.79 Å². The van der Waals surface area contributed by atoms with Gasteiger partial charge in [-0.25, -0.2) is 0 Å². The van der Waals surface area contributed by atoms with Crippen molar-refractivity contribution in [1.82, 2.24) is 10.2 Å². The van der Waals surface area contributed by atoms with Gasteiger partial charge in [0.2, 0.25) is 0 Å². The van der Waals surface area contributed by atoms with E-state index in [1.807, 2.05) is 25.1 Å². The predicted molar refractivity (Wildman–Crippen MR) is 78.1 cm³/mol. The van der Waals surface area contributed by atoms with E-state index in [0.29, 0.717) is 11.4 Å². The molecule has 1 amide bonds. The molecule has 0 bridgehead atoms. The molecule has 0 radical (unpaired) electrons. The highest BCUT2D eigenvalue weighted by molar-refractivity contribution is 14.1.